The van der Waals surface area contributed by atoms with E-state index in [9.17, 15) is 9.18 Å². The third-order valence-electron chi connectivity index (χ3n) is 2.64. The third-order valence-corrected chi connectivity index (χ3v) is 3.29. The van der Waals surface area contributed by atoms with E-state index in [4.69, 9.17) is 10.6 Å². The van der Waals surface area contributed by atoms with Crippen LogP contribution in [0.1, 0.15) is 15.9 Å². The molecule has 20 heavy (non-hydrogen) atoms. The molecular formula is C14H12BrFN2O2. The minimum atomic E-state index is -0.377. The van der Waals surface area contributed by atoms with Crippen molar-refractivity contribution in [1.29, 1.82) is 0 Å². The molecule has 0 aliphatic rings. The average Bonchev–Trinajstić information content (AvgIpc) is 2.48. The molecule has 4 nitrogen and oxygen atoms in total. The summed E-state index contributed by atoms with van der Waals surface area (Å²) in [5, 5.41) is 0. The zero-order valence-corrected chi connectivity index (χ0v) is 12.0. The predicted octanol–water partition coefficient (Wildman–Crippen LogP) is 2.77. The lowest BCUT2D eigenvalue weighted by atomic mass is 10.1. The Balaban J connectivity index is 2.00. The van der Waals surface area contributed by atoms with Crippen LogP contribution in [0.15, 0.2) is 46.9 Å². The molecule has 0 fully saturated rings. The van der Waals surface area contributed by atoms with Gasteiger partial charge in [-0.3, -0.25) is 10.2 Å². The number of carbonyl (C=O) groups excluding carboxylic acids is 1. The van der Waals surface area contributed by atoms with Gasteiger partial charge in [-0.15, -0.1) is 0 Å². The van der Waals surface area contributed by atoms with E-state index in [-0.39, 0.29) is 18.3 Å². The monoisotopic (exact) mass is 338 g/mol. The molecule has 2 aromatic rings. The number of ether oxygens (including phenoxy) is 1. The highest BCUT2D eigenvalue weighted by atomic mass is 79.9. The molecule has 0 saturated heterocycles. The molecule has 0 aromatic heterocycles. The first-order chi connectivity index (χ1) is 9.60. The van der Waals surface area contributed by atoms with Gasteiger partial charge in [-0.25, -0.2) is 10.2 Å². The summed E-state index contributed by atoms with van der Waals surface area (Å²) in [7, 11) is 0. The Bertz CT molecular complexity index is 617. The van der Waals surface area contributed by atoms with Crippen LogP contribution in [0.2, 0.25) is 0 Å². The molecule has 1 amide bonds. The lowest BCUT2D eigenvalue weighted by Gasteiger charge is -2.07. The fourth-order valence-electron chi connectivity index (χ4n) is 1.57. The van der Waals surface area contributed by atoms with Gasteiger partial charge in [-0.2, -0.15) is 0 Å². The number of nitrogens with one attached hydrogen (secondary N) is 1. The Morgan fingerprint density at radius 3 is 2.55 bits per heavy atom. The lowest BCUT2D eigenvalue weighted by Crippen LogP contribution is -2.29. The number of benzene rings is 2. The molecule has 0 saturated carbocycles. The van der Waals surface area contributed by atoms with Crippen molar-refractivity contribution in [3.05, 3.63) is 63.9 Å². The maximum Gasteiger partial charge on any atom is 0.265 e. The Hall–Kier alpha value is -1.92. The summed E-state index contributed by atoms with van der Waals surface area (Å²) >= 11 is 3.08. The van der Waals surface area contributed by atoms with Crippen LogP contribution in [0.3, 0.4) is 0 Å². The second kappa shape index (κ2) is 6.49. The van der Waals surface area contributed by atoms with Gasteiger partial charge in [-0.1, -0.05) is 12.1 Å². The molecule has 0 bridgehead atoms. The minimum absolute atomic E-state index is 0.283. The summed E-state index contributed by atoms with van der Waals surface area (Å²) in [4.78, 5) is 11.3. The van der Waals surface area contributed by atoms with Crippen LogP contribution in [-0.4, -0.2) is 5.91 Å². The normalized spacial score (nSPS) is 10.2. The van der Waals surface area contributed by atoms with Crippen molar-refractivity contribution < 1.29 is 13.9 Å². The van der Waals surface area contributed by atoms with E-state index in [1.165, 1.54) is 6.07 Å². The lowest BCUT2D eigenvalue weighted by molar-refractivity contribution is 0.0953. The molecule has 2 rings (SSSR count). The minimum Gasteiger partial charge on any atom is -0.489 e. The van der Waals surface area contributed by atoms with E-state index < -0.39 is 0 Å². The molecular weight excluding hydrogens is 327 g/mol. The van der Waals surface area contributed by atoms with E-state index in [1.54, 1.807) is 36.4 Å². The largest absolute Gasteiger partial charge is 0.489 e. The van der Waals surface area contributed by atoms with Crippen LogP contribution in [-0.2, 0) is 6.61 Å². The van der Waals surface area contributed by atoms with Crippen LogP contribution >= 0.6 is 15.9 Å². The molecule has 0 aliphatic carbocycles. The first kappa shape index (κ1) is 14.5. The number of halogens is 2. The Morgan fingerprint density at radius 1 is 1.25 bits per heavy atom. The molecule has 0 atom stereocenters. The van der Waals surface area contributed by atoms with E-state index in [1.807, 2.05) is 0 Å². The zero-order chi connectivity index (χ0) is 14.5. The fraction of sp³-hybridized carbons (Fsp3) is 0.0714. The van der Waals surface area contributed by atoms with Crippen LogP contribution in [0.5, 0.6) is 5.75 Å². The van der Waals surface area contributed by atoms with Crippen LogP contribution < -0.4 is 16.0 Å². The number of carbonyl (C=O) groups is 1. The van der Waals surface area contributed by atoms with Gasteiger partial charge in [0, 0.05) is 11.6 Å². The standard InChI is InChI=1S/C14H12BrFN2O2/c15-12-6-5-11(7-13(12)16)20-8-9-1-3-10(4-2-9)14(19)18-17/h1-7H,8,17H2,(H,18,19). The topological polar surface area (TPSA) is 64.3 Å². The van der Waals surface area contributed by atoms with Gasteiger partial charge < -0.3 is 4.74 Å². The SMILES string of the molecule is NNC(=O)c1ccc(COc2ccc(Br)c(F)c2)cc1. The van der Waals surface area contributed by atoms with Gasteiger partial charge in [0.1, 0.15) is 18.2 Å². The van der Waals surface area contributed by atoms with Gasteiger partial charge in [0.05, 0.1) is 4.47 Å². The molecule has 0 heterocycles. The quantitative estimate of drug-likeness (QED) is 0.511. The summed E-state index contributed by atoms with van der Waals surface area (Å²) < 4.78 is 19.2. The van der Waals surface area contributed by atoms with Gasteiger partial charge in [0.15, 0.2) is 0 Å². The summed E-state index contributed by atoms with van der Waals surface area (Å²) in [5.41, 5.74) is 3.38. The van der Waals surface area contributed by atoms with E-state index in [2.05, 4.69) is 21.4 Å². The molecule has 0 unspecified atom stereocenters. The molecule has 0 radical (unpaired) electrons. The van der Waals surface area contributed by atoms with Crippen molar-refractivity contribution in [3.63, 3.8) is 0 Å². The number of hydrazine groups is 1. The first-order valence-electron chi connectivity index (χ1n) is 5.78. The number of nitrogen functional groups attached to an aromatic ring is 1. The van der Waals surface area contributed by atoms with Crippen LogP contribution in [0.4, 0.5) is 4.39 Å². The van der Waals surface area contributed by atoms with E-state index >= 15 is 0 Å². The maximum atomic E-state index is 13.3. The summed E-state index contributed by atoms with van der Waals surface area (Å²) in [5.74, 6) is 4.75. The van der Waals surface area contributed by atoms with Crippen molar-refractivity contribution in [1.82, 2.24) is 5.43 Å². The Morgan fingerprint density at radius 2 is 1.95 bits per heavy atom. The smallest absolute Gasteiger partial charge is 0.265 e. The van der Waals surface area contributed by atoms with Crippen molar-refractivity contribution in [2.45, 2.75) is 6.61 Å². The molecule has 3 N–H and O–H groups in total. The second-order valence-corrected chi connectivity index (χ2v) is 4.89. The molecule has 0 aliphatic heterocycles. The highest BCUT2D eigenvalue weighted by Crippen LogP contribution is 2.21. The number of hydrogen-bond acceptors (Lipinski definition) is 3. The van der Waals surface area contributed by atoms with E-state index in [0.717, 1.165) is 5.56 Å². The zero-order valence-electron chi connectivity index (χ0n) is 10.4. The first-order valence-corrected chi connectivity index (χ1v) is 6.57. The van der Waals surface area contributed by atoms with Crippen molar-refractivity contribution in [3.8, 4) is 5.75 Å². The van der Waals surface area contributed by atoms with Gasteiger partial charge in [-0.05, 0) is 45.8 Å². The third kappa shape index (κ3) is 3.55. The summed E-state index contributed by atoms with van der Waals surface area (Å²) in [6.07, 6.45) is 0. The second-order valence-electron chi connectivity index (χ2n) is 4.03. The summed E-state index contributed by atoms with van der Waals surface area (Å²) in [6.45, 7) is 0.283. The highest BCUT2D eigenvalue weighted by Gasteiger charge is 2.04. The number of hydrogen-bond donors (Lipinski definition) is 2. The molecule has 0 spiro atoms. The van der Waals surface area contributed by atoms with Gasteiger partial charge >= 0.3 is 0 Å². The fourth-order valence-corrected chi connectivity index (χ4v) is 1.82. The van der Waals surface area contributed by atoms with Crippen molar-refractivity contribution >= 4 is 21.8 Å². The molecule has 2 aromatic carbocycles. The number of amides is 1. The van der Waals surface area contributed by atoms with Gasteiger partial charge in [0.25, 0.3) is 5.91 Å². The summed E-state index contributed by atoms with van der Waals surface area (Å²) in [6, 6.07) is 11.3. The predicted molar refractivity (Wildman–Crippen MR) is 76.5 cm³/mol. The van der Waals surface area contributed by atoms with Gasteiger partial charge in [0.2, 0.25) is 0 Å². The highest BCUT2D eigenvalue weighted by molar-refractivity contribution is 9.10. The van der Waals surface area contributed by atoms with E-state index in [0.29, 0.717) is 15.8 Å². The number of rotatable bonds is 4. The molecule has 104 valence electrons. The Kier molecular flexibility index (Phi) is 4.70. The average molecular weight is 339 g/mol. The molecule has 6 heteroatoms. The van der Waals surface area contributed by atoms with Crippen LogP contribution in [0, 0.1) is 5.82 Å². The van der Waals surface area contributed by atoms with Crippen molar-refractivity contribution in [2.24, 2.45) is 5.84 Å². The van der Waals surface area contributed by atoms with Crippen molar-refractivity contribution in [2.75, 3.05) is 0 Å². The Labute approximate surface area is 123 Å². The maximum absolute atomic E-state index is 13.3. The van der Waals surface area contributed by atoms with Crippen LogP contribution in [0.25, 0.3) is 0 Å². The number of nitrogens with two attached hydrogens (primary N) is 1.